The lowest BCUT2D eigenvalue weighted by molar-refractivity contribution is -0.137. The lowest BCUT2D eigenvalue weighted by Crippen LogP contribution is -2.50. The average molecular weight is 332 g/mol. The third-order valence-electron chi connectivity index (χ3n) is 5.02. The summed E-state index contributed by atoms with van der Waals surface area (Å²) in [4.78, 5) is 23.6. The van der Waals surface area contributed by atoms with Crippen molar-refractivity contribution in [3.63, 3.8) is 0 Å². The Kier molecular flexibility index (Phi) is 6.18. The third-order valence-corrected chi connectivity index (χ3v) is 5.02. The average Bonchev–Trinajstić information content (AvgIpc) is 2.63. The van der Waals surface area contributed by atoms with Gasteiger partial charge in [0.25, 0.3) is 0 Å². The minimum atomic E-state index is 0.223. The summed E-state index contributed by atoms with van der Waals surface area (Å²) in [6.45, 7) is 6.21. The number of aromatic nitrogens is 1. The van der Waals surface area contributed by atoms with Crippen molar-refractivity contribution in [2.24, 2.45) is 0 Å². The van der Waals surface area contributed by atoms with Gasteiger partial charge >= 0.3 is 0 Å². The van der Waals surface area contributed by atoms with E-state index < -0.39 is 0 Å². The molecule has 1 aromatic rings. The van der Waals surface area contributed by atoms with Crippen LogP contribution in [0.4, 0.5) is 0 Å². The van der Waals surface area contributed by atoms with E-state index in [1.165, 1.54) is 5.56 Å². The molecule has 3 heterocycles. The van der Waals surface area contributed by atoms with Crippen molar-refractivity contribution in [1.29, 1.82) is 0 Å². The molecule has 1 amide bonds. The van der Waals surface area contributed by atoms with Crippen LogP contribution in [0.3, 0.4) is 0 Å². The molecule has 0 unspecified atom stereocenters. The molecular weight excluding hydrogens is 304 g/mol. The molecular formula is C18H28N4O2. The molecule has 0 radical (unpaired) electrons. The Morgan fingerprint density at radius 2 is 2.04 bits per heavy atom. The van der Waals surface area contributed by atoms with Crippen LogP contribution in [0.15, 0.2) is 24.5 Å². The number of nitrogens with zero attached hydrogens (tertiary/aromatic N) is 4. The molecule has 2 fully saturated rings. The first-order valence-electron chi connectivity index (χ1n) is 8.89. The molecule has 0 N–H and O–H groups in total. The quantitative estimate of drug-likeness (QED) is 0.800. The summed E-state index contributed by atoms with van der Waals surface area (Å²) >= 11 is 0. The van der Waals surface area contributed by atoms with Gasteiger partial charge in [0, 0.05) is 38.1 Å². The zero-order valence-corrected chi connectivity index (χ0v) is 14.6. The highest BCUT2D eigenvalue weighted by molar-refractivity contribution is 5.78. The highest BCUT2D eigenvalue weighted by Crippen LogP contribution is 2.18. The minimum absolute atomic E-state index is 0.223. The van der Waals surface area contributed by atoms with E-state index >= 15 is 0 Å². The van der Waals surface area contributed by atoms with Crippen molar-refractivity contribution in [3.8, 4) is 0 Å². The molecule has 0 saturated carbocycles. The fourth-order valence-electron chi connectivity index (χ4n) is 3.49. The summed E-state index contributed by atoms with van der Waals surface area (Å²) in [5.74, 6) is 0.223. The van der Waals surface area contributed by atoms with Crippen LogP contribution < -0.4 is 0 Å². The zero-order valence-electron chi connectivity index (χ0n) is 14.6. The van der Waals surface area contributed by atoms with Gasteiger partial charge in [-0.1, -0.05) is 6.07 Å². The highest BCUT2D eigenvalue weighted by atomic mass is 16.5. The van der Waals surface area contributed by atoms with Gasteiger partial charge in [0.15, 0.2) is 0 Å². The fourth-order valence-corrected chi connectivity index (χ4v) is 3.49. The van der Waals surface area contributed by atoms with Crippen molar-refractivity contribution < 1.29 is 9.53 Å². The van der Waals surface area contributed by atoms with Gasteiger partial charge in [0.2, 0.25) is 5.91 Å². The summed E-state index contributed by atoms with van der Waals surface area (Å²) < 4.78 is 5.36. The first-order chi connectivity index (χ1) is 11.7. The van der Waals surface area contributed by atoms with Gasteiger partial charge in [0.05, 0.1) is 19.8 Å². The second-order valence-electron chi connectivity index (χ2n) is 6.79. The van der Waals surface area contributed by atoms with Crippen LogP contribution in [0.25, 0.3) is 0 Å². The van der Waals surface area contributed by atoms with E-state index in [0.717, 1.165) is 32.5 Å². The molecule has 6 heteroatoms. The molecule has 6 nitrogen and oxygen atoms in total. The van der Waals surface area contributed by atoms with Crippen LogP contribution in [0.5, 0.6) is 0 Å². The number of rotatable bonds is 5. The van der Waals surface area contributed by atoms with Gasteiger partial charge in [0.1, 0.15) is 0 Å². The molecule has 24 heavy (non-hydrogen) atoms. The Labute approximate surface area is 144 Å². The Morgan fingerprint density at radius 1 is 1.29 bits per heavy atom. The van der Waals surface area contributed by atoms with Crippen molar-refractivity contribution in [2.75, 3.05) is 53.0 Å². The minimum Gasteiger partial charge on any atom is -0.378 e. The molecule has 0 atom stereocenters. The summed E-state index contributed by atoms with van der Waals surface area (Å²) in [7, 11) is 2.17. The number of hydrogen-bond acceptors (Lipinski definition) is 5. The van der Waals surface area contributed by atoms with Crippen LogP contribution >= 0.6 is 0 Å². The van der Waals surface area contributed by atoms with Gasteiger partial charge in [-0.2, -0.15) is 0 Å². The van der Waals surface area contributed by atoms with E-state index in [0.29, 0.717) is 38.9 Å². The van der Waals surface area contributed by atoms with Crippen LogP contribution in [0.2, 0.25) is 0 Å². The fraction of sp³-hybridized carbons (Fsp3) is 0.667. The van der Waals surface area contributed by atoms with E-state index in [9.17, 15) is 4.79 Å². The Bertz CT molecular complexity index is 511. The molecule has 2 saturated heterocycles. The monoisotopic (exact) mass is 332 g/mol. The van der Waals surface area contributed by atoms with Crippen LogP contribution in [-0.2, 0) is 16.1 Å². The Balaban J connectivity index is 1.65. The molecule has 3 rings (SSSR count). The number of carbonyl (C=O) groups excluding carboxylic acids is 1. The highest BCUT2D eigenvalue weighted by Gasteiger charge is 2.27. The first kappa shape index (κ1) is 17.3. The Hall–Kier alpha value is -1.50. The van der Waals surface area contributed by atoms with E-state index in [4.69, 9.17) is 4.74 Å². The van der Waals surface area contributed by atoms with Gasteiger partial charge in [-0.05, 0) is 44.6 Å². The number of ether oxygens (including phenoxy) is 1. The van der Waals surface area contributed by atoms with Gasteiger partial charge in [-0.25, -0.2) is 0 Å². The van der Waals surface area contributed by atoms with Crippen molar-refractivity contribution in [3.05, 3.63) is 30.1 Å². The van der Waals surface area contributed by atoms with Gasteiger partial charge in [-0.15, -0.1) is 0 Å². The smallest absolute Gasteiger partial charge is 0.236 e. The second-order valence-corrected chi connectivity index (χ2v) is 6.79. The predicted molar refractivity (Wildman–Crippen MR) is 92.6 cm³/mol. The molecule has 0 bridgehead atoms. The number of carbonyl (C=O) groups is 1. The molecule has 2 aliphatic heterocycles. The third kappa shape index (κ3) is 4.75. The molecule has 132 valence electrons. The van der Waals surface area contributed by atoms with Crippen LogP contribution in [0.1, 0.15) is 18.4 Å². The number of morpholine rings is 1. The molecule has 2 aliphatic rings. The number of piperidine rings is 1. The van der Waals surface area contributed by atoms with Crippen LogP contribution in [-0.4, -0.2) is 84.6 Å². The normalized spacial score (nSPS) is 20.5. The van der Waals surface area contributed by atoms with Crippen molar-refractivity contribution in [1.82, 2.24) is 19.7 Å². The second kappa shape index (κ2) is 8.55. The van der Waals surface area contributed by atoms with E-state index in [1.807, 2.05) is 17.2 Å². The van der Waals surface area contributed by atoms with E-state index in [2.05, 4.69) is 27.9 Å². The Morgan fingerprint density at radius 3 is 2.71 bits per heavy atom. The largest absolute Gasteiger partial charge is 0.378 e. The first-order valence-corrected chi connectivity index (χ1v) is 8.89. The van der Waals surface area contributed by atoms with E-state index in [-0.39, 0.29) is 5.91 Å². The predicted octanol–water partition coefficient (Wildman–Crippen LogP) is 0.837. The number of amides is 1. The van der Waals surface area contributed by atoms with E-state index in [1.54, 1.807) is 6.20 Å². The topological polar surface area (TPSA) is 48.9 Å². The SMILES string of the molecule is CN1CCC(N(CC(=O)N2CCOCC2)Cc2cccnc2)CC1. The standard InChI is InChI=1S/C18H28N4O2/c1-20-7-4-17(5-8-20)22(14-16-3-2-6-19-13-16)15-18(23)21-9-11-24-12-10-21/h2-3,6,13,17H,4-5,7-12,14-15H2,1H3. The summed E-state index contributed by atoms with van der Waals surface area (Å²) in [6, 6.07) is 4.52. The molecule has 0 aromatic carbocycles. The summed E-state index contributed by atoms with van der Waals surface area (Å²) in [5.41, 5.74) is 1.17. The lowest BCUT2D eigenvalue weighted by atomic mass is 10.0. The molecule has 1 aromatic heterocycles. The van der Waals surface area contributed by atoms with Crippen molar-refractivity contribution in [2.45, 2.75) is 25.4 Å². The van der Waals surface area contributed by atoms with Gasteiger partial charge in [-0.3, -0.25) is 14.7 Å². The summed E-state index contributed by atoms with van der Waals surface area (Å²) in [6.07, 6.45) is 5.93. The number of pyridine rings is 1. The van der Waals surface area contributed by atoms with Gasteiger partial charge < -0.3 is 14.5 Å². The molecule has 0 spiro atoms. The zero-order chi connectivity index (χ0) is 16.8. The van der Waals surface area contributed by atoms with Crippen LogP contribution in [0, 0.1) is 0 Å². The lowest BCUT2D eigenvalue weighted by Gasteiger charge is -2.38. The van der Waals surface area contributed by atoms with Crippen molar-refractivity contribution >= 4 is 5.91 Å². The number of hydrogen-bond donors (Lipinski definition) is 0. The number of likely N-dealkylation sites (tertiary alicyclic amines) is 1. The maximum absolute atomic E-state index is 12.7. The molecule has 0 aliphatic carbocycles. The summed E-state index contributed by atoms with van der Waals surface area (Å²) in [5, 5.41) is 0. The maximum Gasteiger partial charge on any atom is 0.236 e. The maximum atomic E-state index is 12.7.